The second kappa shape index (κ2) is 13.6. The van der Waals surface area contributed by atoms with E-state index in [0.29, 0.717) is 23.3 Å². The van der Waals surface area contributed by atoms with Gasteiger partial charge in [0.2, 0.25) is 5.91 Å². The SMILES string of the molecule is Cc1cccc(COc2ccc(CC(C(=O)O)N(C)C(=O)CCC(c3ccccc3)c3ccccc3)cc2)c1F. The summed E-state index contributed by atoms with van der Waals surface area (Å²) in [5.41, 5.74) is 4.02. The van der Waals surface area contributed by atoms with Crippen molar-refractivity contribution >= 4 is 11.9 Å². The van der Waals surface area contributed by atoms with Crippen LogP contribution >= 0.6 is 0 Å². The number of aliphatic carboxylic acids is 1. The van der Waals surface area contributed by atoms with Crippen molar-refractivity contribution < 1.29 is 23.8 Å². The standard InChI is InChI=1S/C34H34FNO4/c1-24-10-9-15-28(33(24)35)23-40-29-18-16-25(17-19-29)22-31(34(38)39)36(2)32(37)21-20-30(26-11-5-3-6-12-26)27-13-7-4-8-14-27/h3-19,30-31H,20-23H2,1-2H3,(H,38,39). The first-order valence-electron chi connectivity index (χ1n) is 13.4. The summed E-state index contributed by atoms with van der Waals surface area (Å²) in [5.74, 6) is -0.981. The first kappa shape index (κ1) is 28.6. The predicted octanol–water partition coefficient (Wildman–Crippen LogP) is 6.78. The van der Waals surface area contributed by atoms with E-state index in [2.05, 4.69) is 24.3 Å². The molecule has 0 heterocycles. The van der Waals surface area contributed by atoms with Crippen molar-refractivity contribution in [2.75, 3.05) is 7.05 Å². The number of carboxylic acids is 1. The zero-order valence-electron chi connectivity index (χ0n) is 22.8. The number of aryl methyl sites for hydroxylation is 1. The number of likely N-dealkylation sites (N-methyl/N-ethyl adjacent to an activating group) is 1. The fourth-order valence-electron chi connectivity index (χ4n) is 4.83. The number of benzene rings is 4. The molecule has 0 saturated carbocycles. The molecule has 1 unspecified atom stereocenters. The molecule has 0 aliphatic carbocycles. The summed E-state index contributed by atoms with van der Waals surface area (Å²) in [6.45, 7) is 1.80. The highest BCUT2D eigenvalue weighted by Gasteiger charge is 2.27. The molecule has 0 spiro atoms. The van der Waals surface area contributed by atoms with Gasteiger partial charge in [0.25, 0.3) is 0 Å². The van der Waals surface area contributed by atoms with Crippen molar-refractivity contribution in [3.63, 3.8) is 0 Å². The molecule has 0 aromatic heterocycles. The maximum absolute atomic E-state index is 14.2. The van der Waals surface area contributed by atoms with Crippen LogP contribution in [-0.2, 0) is 22.6 Å². The Morgan fingerprint density at radius 2 is 1.45 bits per heavy atom. The number of carboxylic acid groups (broad SMARTS) is 1. The van der Waals surface area contributed by atoms with E-state index >= 15 is 0 Å². The first-order chi connectivity index (χ1) is 19.3. The van der Waals surface area contributed by atoms with Gasteiger partial charge in [-0.05, 0) is 47.7 Å². The molecular weight excluding hydrogens is 505 g/mol. The normalized spacial score (nSPS) is 11.7. The summed E-state index contributed by atoms with van der Waals surface area (Å²) < 4.78 is 20.0. The minimum atomic E-state index is -1.06. The number of hydrogen-bond donors (Lipinski definition) is 1. The van der Waals surface area contributed by atoms with Gasteiger partial charge in [0.1, 0.15) is 24.2 Å². The van der Waals surface area contributed by atoms with Gasteiger partial charge in [-0.1, -0.05) is 91.0 Å². The monoisotopic (exact) mass is 539 g/mol. The number of amides is 1. The average molecular weight is 540 g/mol. The highest BCUT2D eigenvalue weighted by Crippen LogP contribution is 2.29. The van der Waals surface area contributed by atoms with Crippen LogP contribution in [-0.4, -0.2) is 35.0 Å². The molecule has 4 aromatic rings. The van der Waals surface area contributed by atoms with Crippen LogP contribution in [0, 0.1) is 12.7 Å². The Kier molecular flexibility index (Phi) is 9.68. The van der Waals surface area contributed by atoms with Crippen LogP contribution in [0.25, 0.3) is 0 Å². The predicted molar refractivity (Wildman–Crippen MR) is 154 cm³/mol. The lowest BCUT2D eigenvalue weighted by Crippen LogP contribution is -2.43. The van der Waals surface area contributed by atoms with Crippen LogP contribution in [0.3, 0.4) is 0 Å². The largest absolute Gasteiger partial charge is 0.489 e. The lowest BCUT2D eigenvalue weighted by Gasteiger charge is -2.26. The van der Waals surface area contributed by atoms with Crippen LogP contribution in [0.5, 0.6) is 5.75 Å². The molecular formula is C34H34FNO4. The molecule has 1 atom stereocenters. The molecule has 5 nitrogen and oxygen atoms in total. The van der Waals surface area contributed by atoms with Crippen LogP contribution in [0.2, 0.25) is 0 Å². The fourth-order valence-corrected chi connectivity index (χ4v) is 4.83. The Labute approximate surface area is 234 Å². The summed E-state index contributed by atoms with van der Waals surface area (Å²) in [4.78, 5) is 26.7. The molecule has 40 heavy (non-hydrogen) atoms. The van der Waals surface area contributed by atoms with E-state index in [4.69, 9.17) is 4.74 Å². The lowest BCUT2D eigenvalue weighted by atomic mass is 9.87. The maximum Gasteiger partial charge on any atom is 0.326 e. The summed E-state index contributed by atoms with van der Waals surface area (Å²) in [5, 5.41) is 9.95. The van der Waals surface area contributed by atoms with Gasteiger partial charge in [-0.2, -0.15) is 0 Å². The Bertz CT molecular complexity index is 1370. The van der Waals surface area contributed by atoms with E-state index in [1.165, 1.54) is 4.90 Å². The van der Waals surface area contributed by atoms with Gasteiger partial charge >= 0.3 is 5.97 Å². The lowest BCUT2D eigenvalue weighted by molar-refractivity contribution is -0.149. The number of rotatable bonds is 12. The molecule has 0 bridgehead atoms. The van der Waals surface area contributed by atoms with Gasteiger partial charge < -0.3 is 14.7 Å². The Balaban J connectivity index is 1.38. The van der Waals surface area contributed by atoms with E-state index < -0.39 is 12.0 Å². The van der Waals surface area contributed by atoms with E-state index in [0.717, 1.165) is 16.7 Å². The van der Waals surface area contributed by atoms with E-state index in [1.807, 2.05) is 36.4 Å². The molecule has 0 saturated heterocycles. The summed E-state index contributed by atoms with van der Waals surface area (Å²) >= 11 is 0. The summed E-state index contributed by atoms with van der Waals surface area (Å²) in [6.07, 6.45) is 0.944. The Hall–Kier alpha value is -4.45. The quantitative estimate of drug-likeness (QED) is 0.216. The van der Waals surface area contributed by atoms with Crippen LogP contribution < -0.4 is 4.74 Å². The minimum absolute atomic E-state index is 0.0313. The number of hydrogen-bond acceptors (Lipinski definition) is 3. The van der Waals surface area contributed by atoms with Gasteiger partial charge in [0, 0.05) is 31.4 Å². The molecule has 0 aliphatic rings. The highest BCUT2D eigenvalue weighted by atomic mass is 19.1. The van der Waals surface area contributed by atoms with Crippen molar-refractivity contribution in [1.29, 1.82) is 0 Å². The molecule has 0 fully saturated rings. The third-order valence-corrected chi connectivity index (χ3v) is 7.22. The number of carbonyl (C=O) groups excluding carboxylic acids is 1. The zero-order chi connectivity index (χ0) is 28.5. The third-order valence-electron chi connectivity index (χ3n) is 7.22. The van der Waals surface area contributed by atoms with Crippen molar-refractivity contribution in [2.45, 2.75) is 44.8 Å². The first-order valence-corrected chi connectivity index (χ1v) is 13.4. The van der Waals surface area contributed by atoms with Gasteiger partial charge in [-0.25, -0.2) is 9.18 Å². The number of halogens is 1. The van der Waals surface area contributed by atoms with Crippen molar-refractivity contribution in [3.05, 3.63) is 137 Å². The van der Waals surface area contributed by atoms with E-state index in [1.54, 1.807) is 56.4 Å². The Morgan fingerprint density at radius 3 is 2.02 bits per heavy atom. The topological polar surface area (TPSA) is 66.8 Å². The van der Waals surface area contributed by atoms with Gasteiger partial charge in [-0.3, -0.25) is 4.79 Å². The Morgan fingerprint density at radius 1 is 0.850 bits per heavy atom. The van der Waals surface area contributed by atoms with Gasteiger partial charge in [0.15, 0.2) is 0 Å². The van der Waals surface area contributed by atoms with Crippen LogP contribution in [0.15, 0.2) is 103 Å². The maximum atomic E-state index is 14.2. The molecule has 4 rings (SSSR count). The van der Waals surface area contributed by atoms with Crippen molar-refractivity contribution in [2.24, 2.45) is 0 Å². The molecule has 6 heteroatoms. The number of ether oxygens (including phenoxy) is 1. The van der Waals surface area contributed by atoms with Crippen molar-refractivity contribution in [1.82, 2.24) is 4.90 Å². The minimum Gasteiger partial charge on any atom is -0.489 e. The second-order valence-electron chi connectivity index (χ2n) is 9.96. The zero-order valence-corrected chi connectivity index (χ0v) is 22.8. The fraction of sp³-hybridized carbons (Fsp3) is 0.235. The summed E-state index contributed by atoms with van der Waals surface area (Å²) in [7, 11) is 1.55. The third kappa shape index (κ3) is 7.35. The van der Waals surface area contributed by atoms with Crippen LogP contribution in [0.4, 0.5) is 4.39 Å². The average Bonchev–Trinajstić information content (AvgIpc) is 2.98. The molecule has 1 amide bonds. The van der Waals surface area contributed by atoms with E-state index in [9.17, 15) is 19.1 Å². The molecule has 206 valence electrons. The van der Waals surface area contributed by atoms with Crippen LogP contribution in [0.1, 0.15) is 46.6 Å². The van der Waals surface area contributed by atoms with Crippen molar-refractivity contribution in [3.8, 4) is 5.75 Å². The highest BCUT2D eigenvalue weighted by molar-refractivity contribution is 5.83. The smallest absolute Gasteiger partial charge is 0.326 e. The molecule has 0 radical (unpaired) electrons. The molecule has 1 N–H and O–H groups in total. The second-order valence-corrected chi connectivity index (χ2v) is 9.96. The number of nitrogens with zero attached hydrogens (tertiary/aromatic N) is 1. The number of carbonyl (C=O) groups is 2. The van der Waals surface area contributed by atoms with Gasteiger partial charge in [0.05, 0.1) is 0 Å². The molecule has 0 aliphatic heterocycles. The molecule has 4 aromatic carbocycles. The van der Waals surface area contributed by atoms with Gasteiger partial charge in [-0.15, -0.1) is 0 Å². The van der Waals surface area contributed by atoms with E-state index in [-0.39, 0.29) is 37.1 Å². The summed E-state index contributed by atoms with van der Waals surface area (Å²) in [6, 6.07) is 31.2.